The summed E-state index contributed by atoms with van der Waals surface area (Å²) in [4.78, 5) is 38.3. The molecule has 2 saturated carbocycles. The molecule has 0 spiro atoms. The van der Waals surface area contributed by atoms with E-state index in [2.05, 4.69) is 13.5 Å². The number of fused-ring (bicyclic) bond motifs is 3. The smallest absolute Gasteiger partial charge is 0.320 e. The van der Waals surface area contributed by atoms with E-state index >= 15 is 0 Å². The highest BCUT2D eigenvalue weighted by Gasteiger charge is 2.60. The van der Waals surface area contributed by atoms with Gasteiger partial charge in [0.15, 0.2) is 5.78 Å². The Labute approximate surface area is 167 Å². The summed E-state index contributed by atoms with van der Waals surface area (Å²) in [5, 5.41) is 0. The summed E-state index contributed by atoms with van der Waals surface area (Å²) in [5.74, 6) is -0.487. The van der Waals surface area contributed by atoms with Crippen molar-refractivity contribution in [2.75, 3.05) is 13.7 Å². The number of hydrogen-bond donors (Lipinski definition) is 0. The molecule has 3 rings (SSSR count). The summed E-state index contributed by atoms with van der Waals surface area (Å²) in [6.07, 6.45) is 8.16. The first-order valence-corrected chi connectivity index (χ1v) is 10.3. The number of ketones is 1. The van der Waals surface area contributed by atoms with E-state index in [1.54, 1.807) is 13.0 Å². The Morgan fingerprint density at radius 2 is 1.93 bits per heavy atom. The molecule has 0 amide bonds. The summed E-state index contributed by atoms with van der Waals surface area (Å²) >= 11 is 0. The van der Waals surface area contributed by atoms with Crippen molar-refractivity contribution in [3.8, 4) is 0 Å². The highest BCUT2D eigenvalue weighted by molar-refractivity contribution is 6.10. The van der Waals surface area contributed by atoms with Crippen LogP contribution in [0.4, 0.5) is 0 Å². The molecule has 3 aliphatic rings. The lowest BCUT2D eigenvalue weighted by atomic mass is 9.46. The minimum Gasteiger partial charge on any atom is -0.469 e. The van der Waals surface area contributed by atoms with Gasteiger partial charge in [-0.15, -0.1) is 0 Å². The fourth-order valence-electron chi connectivity index (χ4n) is 6.19. The van der Waals surface area contributed by atoms with Gasteiger partial charge >= 0.3 is 11.9 Å². The third-order valence-corrected chi connectivity index (χ3v) is 7.75. The van der Waals surface area contributed by atoms with Gasteiger partial charge < -0.3 is 9.47 Å². The molecule has 0 radical (unpaired) electrons. The molecule has 0 saturated heterocycles. The predicted molar refractivity (Wildman–Crippen MR) is 105 cm³/mol. The van der Waals surface area contributed by atoms with Crippen LogP contribution in [0.25, 0.3) is 0 Å². The van der Waals surface area contributed by atoms with Crippen LogP contribution in [0.15, 0.2) is 24.3 Å². The minimum absolute atomic E-state index is 0.111. The van der Waals surface area contributed by atoms with Crippen molar-refractivity contribution in [3.05, 3.63) is 24.3 Å². The predicted octanol–water partition coefficient (Wildman–Crippen LogP) is 4.02. The van der Waals surface area contributed by atoms with E-state index in [1.165, 1.54) is 13.2 Å². The number of rotatable bonds is 4. The van der Waals surface area contributed by atoms with Gasteiger partial charge in [0.05, 0.1) is 12.5 Å². The number of allylic oxidation sites excluding steroid dienone is 2. The molecule has 0 aromatic heterocycles. The van der Waals surface area contributed by atoms with Crippen molar-refractivity contribution in [2.24, 2.45) is 28.1 Å². The minimum atomic E-state index is -1.14. The van der Waals surface area contributed by atoms with Crippen LogP contribution in [-0.4, -0.2) is 31.4 Å². The summed E-state index contributed by atoms with van der Waals surface area (Å²) in [7, 11) is 1.45. The van der Waals surface area contributed by atoms with E-state index < -0.39 is 16.8 Å². The Balaban J connectivity index is 1.96. The topological polar surface area (TPSA) is 69.7 Å². The van der Waals surface area contributed by atoms with E-state index in [0.29, 0.717) is 6.42 Å². The van der Waals surface area contributed by atoms with Crippen LogP contribution in [0.5, 0.6) is 0 Å². The average Bonchev–Trinajstić information content (AvgIpc) is 2.66. The molecule has 3 aliphatic carbocycles. The van der Waals surface area contributed by atoms with E-state index in [4.69, 9.17) is 9.47 Å². The van der Waals surface area contributed by atoms with Gasteiger partial charge in [-0.3, -0.25) is 14.4 Å². The molecular formula is C23H32O5. The van der Waals surface area contributed by atoms with E-state index in [1.807, 2.05) is 6.92 Å². The normalized spacial score (nSPS) is 39.9. The van der Waals surface area contributed by atoms with E-state index in [0.717, 1.165) is 37.7 Å². The number of esters is 2. The quantitative estimate of drug-likeness (QED) is 0.413. The van der Waals surface area contributed by atoms with Crippen molar-refractivity contribution in [2.45, 2.75) is 59.3 Å². The average molecular weight is 389 g/mol. The number of ether oxygens (including phenoxy) is 2. The maximum Gasteiger partial charge on any atom is 0.320 e. The first kappa shape index (κ1) is 20.8. The molecule has 2 fully saturated rings. The number of carbonyl (C=O) groups excluding carboxylic acids is 3. The van der Waals surface area contributed by atoms with Gasteiger partial charge in [0, 0.05) is 0 Å². The van der Waals surface area contributed by atoms with Crippen LogP contribution in [0.1, 0.15) is 59.3 Å². The fourth-order valence-corrected chi connectivity index (χ4v) is 6.19. The van der Waals surface area contributed by atoms with Crippen molar-refractivity contribution >= 4 is 17.7 Å². The molecule has 0 aliphatic heterocycles. The number of carbonyl (C=O) groups is 3. The number of methoxy groups -OCH3 is 1. The van der Waals surface area contributed by atoms with E-state index in [9.17, 15) is 14.4 Å². The van der Waals surface area contributed by atoms with Crippen molar-refractivity contribution in [1.82, 2.24) is 0 Å². The maximum atomic E-state index is 13.0. The molecule has 0 heterocycles. The second-order valence-corrected chi connectivity index (χ2v) is 9.39. The molecule has 0 N–H and O–H groups in total. The molecule has 154 valence electrons. The summed E-state index contributed by atoms with van der Waals surface area (Å²) in [5.41, 5.74) is -0.759. The highest BCUT2D eigenvalue weighted by atomic mass is 16.5. The van der Waals surface area contributed by atoms with Gasteiger partial charge in [-0.25, -0.2) is 0 Å². The summed E-state index contributed by atoms with van der Waals surface area (Å²) in [6, 6.07) is 0. The van der Waals surface area contributed by atoms with Gasteiger partial charge in [0.25, 0.3) is 0 Å². The number of hydrogen-bond acceptors (Lipinski definition) is 5. The fraction of sp³-hybridized carbons (Fsp3) is 0.696. The molecule has 0 aromatic rings. The lowest BCUT2D eigenvalue weighted by Crippen LogP contribution is -2.54. The second-order valence-electron chi connectivity index (χ2n) is 9.39. The van der Waals surface area contributed by atoms with Gasteiger partial charge in [-0.1, -0.05) is 31.6 Å². The first-order chi connectivity index (χ1) is 13.1. The monoisotopic (exact) mass is 388 g/mol. The molecular weight excluding hydrogens is 356 g/mol. The zero-order valence-corrected chi connectivity index (χ0v) is 17.5. The molecule has 5 heteroatoms. The lowest BCUT2D eigenvalue weighted by Gasteiger charge is -2.57. The third-order valence-electron chi connectivity index (χ3n) is 7.75. The van der Waals surface area contributed by atoms with Crippen LogP contribution < -0.4 is 0 Å². The summed E-state index contributed by atoms with van der Waals surface area (Å²) < 4.78 is 10.4. The van der Waals surface area contributed by atoms with Crippen LogP contribution in [0, 0.1) is 28.1 Å². The Kier molecular flexibility index (Phi) is 5.32. The van der Waals surface area contributed by atoms with E-state index in [-0.39, 0.29) is 35.6 Å². The molecule has 5 nitrogen and oxygen atoms in total. The van der Waals surface area contributed by atoms with Crippen LogP contribution in [0.3, 0.4) is 0 Å². The molecule has 5 atom stereocenters. The zero-order chi connectivity index (χ0) is 20.7. The van der Waals surface area contributed by atoms with Crippen molar-refractivity contribution in [3.63, 3.8) is 0 Å². The van der Waals surface area contributed by atoms with Gasteiger partial charge in [0.1, 0.15) is 12.0 Å². The van der Waals surface area contributed by atoms with Gasteiger partial charge in [-0.2, -0.15) is 0 Å². The Hall–Kier alpha value is -1.91. The SMILES string of the molecule is C=CCOC(=O)[C@@]1(C)C[C@H]2CC[C@@H]3[C@](C)(C(=O)OC)CCC[C@@]3(C)C2=CC1=O. The second kappa shape index (κ2) is 7.16. The van der Waals surface area contributed by atoms with Crippen LogP contribution in [-0.2, 0) is 23.9 Å². The standard InChI is InChI=1S/C23H32O5/c1-6-12-28-20(26)23(4)14-15-8-9-17-21(2,16(15)13-18(23)24)10-7-11-22(17,3)19(25)27-5/h6,13,15,17H,1,7-12,14H2,2-5H3/t15-,17+,21+,22-,23+/m1/s1. The maximum absolute atomic E-state index is 13.0. The van der Waals surface area contributed by atoms with Crippen LogP contribution >= 0.6 is 0 Å². The van der Waals surface area contributed by atoms with Gasteiger partial charge in [-0.05, 0) is 69.3 Å². The first-order valence-electron chi connectivity index (χ1n) is 10.3. The Morgan fingerprint density at radius 3 is 2.57 bits per heavy atom. The molecule has 0 bridgehead atoms. The van der Waals surface area contributed by atoms with Crippen molar-refractivity contribution in [1.29, 1.82) is 0 Å². The molecule has 28 heavy (non-hydrogen) atoms. The zero-order valence-electron chi connectivity index (χ0n) is 17.5. The molecule has 0 unspecified atom stereocenters. The third kappa shape index (κ3) is 2.94. The van der Waals surface area contributed by atoms with Gasteiger partial charge in [0.2, 0.25) is 0 Å². The molecule has 0 aromatic carbocycles. The summed E-state index contributed by atoms with van der Waals surface area (Å²) in [6.45, 7) is 9.58. The highest BCUT2D eigenvalue weighted by Crippen LogP contribution is 2.63. The Bertz CT molecular complexity index is 737. The van der Waals surface area contributed by atoms with Crippen LogP contribution in [0.2, 0.25) is 0 Å². The lowest BCUT2D eigenvalue weighted by molar-refractivity contribution is -0.165. The largest absolute Gasteiger partial charge is 0.469 e. The van der Waals surface area contributed by atoms with Crippen molar-refractivity contribution < 1.29 is 23.9 Å². The Morgan fingerprint density at radius 1 is 1.21 bits per heavy atom.